The van der Waals surface area contributed by atoms with Crippen molar-refractivity contribution in [3.63, 3.8) is 0 Å². The number of hydrogen-bond acceptors (Lipinski definition) is 5. The quantitative estimate of drug-likeness (QED) is 0.852. The number of benzene rings is 1. The van der Waals surface area contributed by atoms with E-state index in [0.717, 1.165) is 47.6 Å². The molecule has 2 fully saturated rings. The van der Waals surface area contributed by atoms with Gasteiger partial charge >= 0.3 is 0 Å². The van der Waals surface area contributed by atoms with Crippen LogP contribution < -0.4 is 10.9 Å². The van der Waals surface area contributed by atoms with Crippen molar-refractivity contribution in [2.24, 2.45) is 0 Å². The van der Waals surface area contributed by atoms with E-state index in [9.17, 15) is 9.59 Å². The van der Waals surface area contributed by atoms with Gasteiger partial charge in [0.05, 0.1) is 30.4 Å². The fourth-order valence-corrected chi connectivity index (χ4v) is 5.18. The molecule has 6 nitrogen and oxygen atoms in total. The van der Waals surface area contributed by atoms with Crippen molar-refractivity contribution in [2.45, 2.75) is 42.5 Å². The monoisotopic (exact) mass is 397 g/mol. The van der Waals surface area contributed by atoms with Crippen molar-refractivity contribution in [1.82, 2.24) is 15.1 Å². The number of nitrogens with zero attached hydrogens (tertiary/aromatic N) is 2. The van der Waals surface area contributed by atoms with Gasteiger partial charge in [0.15, 0.2) is 0 Å². The lowest BCUT2D eigenvalue weighted by Gasteiger charge is -2.25. The first-order valence-electron chi connectivity index (χ1n) is 9.81. The minimum absolute atomic E-state index is 0.0293. The molecule has 2 aromatic rings. The summed E-state index contributed by atoms with van der Waals surface area (Å²) >= 11 is 1.83. The molecule has 28 heavy (non-hydrogen) atoms. The normalized spacial score (nSPS) is 25.1. The van der Waals surface area contributed by atoms with E-state index in [1.165, 1.54) is 4.68 Å². The van der Waals surface area contributed by atoms with Crippen molar-refractivity contribution < 1.29 is 9.53 Å². The SMILES string of the molecule is O=C(NC1COCC1n1nc2c(cc1=O)CSCC2)C1(c2ccccc2)CC1. The number of thioether (sulfide) groups is 1. The molecule has 0 spiro atoms. The van der Waals surface area contributed by atoms with Crippen LogP contribution in [0.25, 0.3) is 0 Å². The molecule has 2 atom stereocenters. The summed E-state index contributed by atoms with van der Waals surface area (Å²) in [4.78, 5) is 25.8. The molecule has 0 bridgehead atoms. The molecular weight excluding hydrogens is 374 g/mol. The zero-order chi connectivity index (χ0) is 19.1. The molecule has 1 saturated heterocycles. The highest BCUT2D eigenvalue weighted by Gasteiger charge is 2.52. The topological polar surface area (TPSA) is 73.2 Å². The fourth-order valence-electron chi connectivity index (χ4n) is 4.22. The summed E-state index contributed by atoms with van der Waals surface area (Å²) in [6.45, 7) is 0.798. The van der Waals surface area contributed by atoms with Crippen molar-refractivity contribution in [1.29, 1.82) is 0 Å². The molecule has 1 aromatic carbocycles. The van der Waals surface area contributed by atoms with Crippen LogP contribution in [-0.4, -0.2) is 40.7 Å². The number of carbonyl (C=O) groups is 1. The van der Waals surface area contributed by atoms with Gasteiger partial charge in [-0.15, -0.1) is 0 Å². The molecule has 7 heteroatoms. The van der Waals surface area contributed by atoms with E-state index in [-0.39, 0.29) is 23.6 Å². The number of rotatable bonds is 4. The Balaban J connectivity index is 1.38. The molecule has 0 radical (unpaired) electrons. The third kappa shape index (κ3) is 3.06. The van der Waals surface area contributed by atoms with Crippen LogP contribution in [0, 0.1) is 0 Å². The maximum absolute atomic E-state index is 13.1. The minimum atomic E-state index is -0.431. The number of carbonyl (C=O) groups excluding carboxylic acids is 1. The van der Waals surface area contributed by atoms with E-state index in [0.29, 0.717) is 13.2 Å². The van der Waals surface area contributed by atoms with Crippen LogP contribution in [0.4, 0.5) is 0 Å². The number of aryl methyl sites for hydroxylation is 1. The largest absolute Gasteiger partial charge is 0.377 e. The molecule has 5 rings (SSSR count). The lowest BCUT2D eigenvalue weighted by atomic mass is 9.94. The van der Waals surface area contributed by atoms with Crippen LogP contribution in [0.15, 0.2) is 41.2 Å². The second-order valence-corrected chi connectivity index (χ2v) is 8.94. The lowest BCUT2D eigenvalue weighted by molar-refractivity contribution is -0.124. The highest BCUT2D eigenvalue weighted by molar-refractivity contribution is 7.98. The first-order chi connectivity index (χ1) is 13.7. The number of aromatic nitrogens is 2. The van der Waals surface area contributed by atoms with Gasteiger partial charge in [-0.2, -0.15) is 16.9 Å². The second kappa shape index (κ2) is 7.04. The van der Waals surface area contributed by atoms with Gasteiger partial charge in [0.1, 0.15) is 6.04 Å². The Labute approximate surface area is 167 Å². The van der Waals surface area contributed by atoms with Crippen LogP contribution >= 0.6 is 11.8 Å². The summed E-state index contributed by atoms with van der Waals surface area (Å²) in [7, 11) is 0. The van der Waals surface area contributed by atoms with Gasteiger partial charge in [-0.25, -0.2) is 4.68 Å². The number of ether oxygens (including phenoxy) is 1. The molecule has 2 unspecified atom stereocenters. The molecule has 1 aromatic heterocycles. The van der Waals surface area contributed by atoms with Crippen LogP contribution in [0.2, 0.25) is 0 Å². The summed E-state index contributed by atoms with van der Waals surface area (Å²) in [6.07, 6.45) is 2.59. The Hall–Kier alpha value is -2.12. The Morgan fingerprint density at radius 2 is 2.07 bits per heavy atom. The Morgan fingerprint density at radius 1 is 1.25 bits per heavy atom. The van der Waals surface area contributed by atoms with Crippen molar-refractivity contribution in [3.8, 4) is 0 Å². The minimum Gasteiger partial charge on any atom is -0.377 e. The van der Waals surface area contributed by atoms with Crippen LogP contribution in [0.1, 0.15) is 35.7 Å². The Morgan fingerprint density at radius 3 is 2.86 bits per heavy atom. The average Bonchev–Trinajstić information content (AvgIpc) is 3.42. The van der Waals surface area contributed by atoms with E-state index in [2.05, 4.69) is 10.4 Å². The zero-order valence-electron chi connectivity index (χ0n) is 15.6. The molecule has 1 N–H and O–H groups in total. The molecule has 1 aliphatic carbocycles. The summed E-state index contributed by atoms with van der Waals surface area (Å²) in [5, 5.41) is 7.82. The van der Waals surface area contributed by atoms with Gasteiger partial charge < -0.3 is 10.1 Å². The van der Waals surface area contributed by atoms with Gasteiger partial charge in [-0.1, -0.05) is 30.3 Å². The average molecular weight is 398 g/mol. The molecular formula is C21H23N3O3S. The number of hydrogen-bond donors (Lipinski definition) is 1. The smallest absolute Gasteiger partial charge is 0.267 e. The molecule has 146 valence electrons. The first-order valence-corrected chi connectivity index (χ1v) is 11.0. The highest BCUT2D eigenvalue weighted by Crippen LogP contribution is 2.48. The van der Waals surface area contributed by atoms with Gasteiger partial charge in [0.2, 0.25) is 5.91 Å². The number of amides is 1. The molecule has 1 amide bonds. The van der Waals surface area contributed by atoms with Crippen LogP contribution in [0.3, 0.4) is 0 Å². The highest BCUT2D eigenvalue weighted by atomic mass is 32.2. The Bertz CT molecular complexity index is 955. The molecule has 3 heterocycles. The first kappa shape index (κ1) is 17.9. The summed E-state index contributed by atoms with van der Waals surface area (Å²) in [5.41, 5.74) is 2.56. The van der Waals surface area contributed by atoms with Crippen LogP contribution in [-0.2, 0) is 27.1 Å². The summed E-state index contributed by atoms with van der Waals surface area (Å²) < 4.78 is 7.18. The van der Waals surface area contributed by atoms with E-state index in [1.54, 1.807) is 6.07 Å². The van der Waals surface area contributed by atoms with Crippen LogP contribution in [0.5, 0.6) is 0 Å². The lowest BCUT2D eigenvalue weighted by Crippen LogP contribution is -2.47. The fraction of sp³-hybridized carbons (Fsp3) is 0.476. The zero-order valence-corrected chi connectivity index (χ0v) is 16.4. The van der Waals surface area contributed by atoms with E-state index in [1.807, 2.05) is 42.1 Å². The van der Waals surface area contributed by atoms with Crippen molar-refractivity contribution >= 4 is 17.7 Å². The summed E-state index contributed by atoms with van der Waals surface area (Å²) in [5.74, 6) is 1.90. The molecule has 1 saturated carbocycles. The maximum atomic E-state index is 13.1. The standard InChI is InChI=1S/C21H23N3O3S/c25-19-10-14-13-28-9-6-16(14)23-24(19)18-12-27-11-17(18)22-20(26)21(7-8-21)15-4-2-1-3-5-15/h1-5,10,17-18H,6-9,11-13H2,(H,22,26). The third-order valence-electron chi connectivity index (χ3n) is 6.06. The molecule has 2 aliphatic heterocycles. The van der Waals surface area contributed by atoms with Gasteiger partial charge in [0.25, 0.3) is 5.56 Å². The van der Waals surface area contributed by atoms with E-state index in [4.69, 9.17) is 4.74 Å². The maximum Gasteiger partial charge on any atom is 0.267 e. The Kier molecular flexibility index (Phi) is 4.51. The van der Waals surface area contributed by atoms with Gasteiger partial charge in [-0.05, 0) is 29.7 Å². The third-order valence-corrected chi connectivity index (χ3v) is 7.06. The van der Waals surface area contributed by atoms with E-state index >= 15 is 0 Å². The predicted molar refractivity (Wildman–Crippen MR) is 108 cm³/mol. The van der Waals surface area contributed by atoms with Crippen molar-refractivity contribution in [3.05, 3.63) is 63.6 Å². The number of nitrogens with one attached hydrogen (secondary N) is 1. The second-order valence-electron chi connectivity index (χ2n) is 7.83. The summed E-state index contributed by atoms with van der Waals surface area (Å²) in [6, 6.07) is 11.1. The number of fused-ring (bicyclic) bond motifs is 1. The van der Waals surface area contributed by atoms with E-state index < -0.39 is 5.41 Å². The van der Waals surface area contributed by atoms with Gasteiger partial charge in [0, 0.05) is 18.2 Å². The van der Waals surface area contributed by atoms with Crippen molar-refractivity contribution in [2.75, 3.05) is 19.0 Å². The molecule has 3 aliphatic rings. The van der Waals surface area contributed by atoms with Gasteiger partial charge in [-0.3, -0.25) is 9.59 Å². The predicted octanol–water partition coefficient (Wildman–Crippen LogP) is 1.82.